The molecule has 0 aromatic carbocycles. The summed E-state index contributed by atoms with van der Waals surface area (Å²) in [4.78, 5) is 0. The van der Waals surface area contributed by atoms with Gasteiger partial charge in [0.1, 0.15) is 0 Å². The van der Waals surface area contributed by atoms with Gasteiger partial charge in [-0.25, -0.2) is 0 Å². The summed E-state index contributed by atoms with van der Waals surface area (Å²) >= 11 is 0. The Kier molecular flexibility index (Phi) is 3.41. The lowest BCUT2D eigenvalue weighted by Crippen LogP contribution is -2.49. The minimum Gasteiger partial charge on any atom is -0.390 e. The Morgan fingerprint density at radius 2 is 2.00 bits per heavy atom. The summed E-state index contributed by atoms with van der Waals surface area (Å²) in [6, 6.07) is 0. The van der Waals surface area contributed by atoms with Gasteiger partial charge in [0.2, 0.25) is 0 Å². The number of allylic oxidation sites excluding steroid dienone is 2. The zero-order valence-electron chi connectivity index (χ0n) is 10.1. The minimum absolute atomic E-state index is 0.180. The summed E-state index contributed by atoms with van der Waals surface area (Å²) in [5, 5.41) is 10.4. The molecule has 14 heavy (non-hydrogen) atoms. The molecule has 0 radical (unpaired) electrons. The Labute approximate surface area is 88.2 Å². The number of hydrogen-bond acceptors (Lipinski definition) is 1. The quantitative estimate of drug-likeness (QED) is 0.680. The van der Waals surface area contributed by atoms with Crippen LogP contribution < -0.4 is 0 Å². The van der Waals surface area contributed by atoms with Gasteiger partial charge in [-0.3, -0.25) is 0 Å². The van der Waals surface area contributed by atoms with Crippen molar-refractivity contribution in [2.24, 2.45) is 5.41 Å². The highest BCUT2D eigenvalue weighted by Crippen LogP contribution is 2.53. The molecule has 1 nitrogen and oxygen atoms in total. The van der Waals surface area contributed by atoms with Crippen LogP contribution in [0.2, 0.25) is 0 Å². The largest absolute Gasteiger partial charge is 0.390 e. The zero-order chi connectivity index (χ0) is 10.8. The van der Waals surface area contributed by atoms with E-state index >= 15 is 0 Å². The van der Waals surface area contributed by atoms with Crippen molar-refractivity contribution >= 4 is 0 Å². The van der Waals surface area contributed by atoms with E-state index in [1.165, 1.54) is 24.8 Å². The van der Waals surface area contributed by atoms with E-state index in [1.807, 2.05) is 6.92 Å². The van der Waals surface area contributed by atoms with Crippen LogP contribution in [-0.2, 0) is 0 Å². The van der Waals surface area contributed by atoms with Crippen LogP contribution in [0.5, 0.6) is 0 Å². The average Bonchev–Trinajstić information content (AvgIpc) is 2.01. The lowest BCUT2D eigenvalue weighted by atomic mass is 9.56. The Bertz CT molecular complexity index is 217. The number of aliphatic hydroxyl groups is 1. The second-order valence-corrected chi connectivity index (χ2v) is 5.25. The molecular formula is C13H24O. The molecule has 0 aliphatic heterocycles. The summed E-state index contributed by atoms with van der Waals surface area (Å²) in [5.41, 5.74) is 1.07. The molecule has 1 unspecified atom stereocenters. The monoisotopic (exact) mass is 196 g/mol. The molecule has 0 bridgehead atoms. The van der Waals surface area contributed by atoms with E-state index in [0.29, 0.717) is 0 Å². The highest BCUT2D eigenvalue weighted by atomic mass is 16.3. The van der Waals surface area contributed by atoms with E-state index in [-0.39, 0.29) is 5.41 Å². The van der Waals surface area contributed by atoms with Gasteiger partial charge in [0.05, 0.1) is 5.60 Å². The smallest absolute Gasteiger partial charge is 0.0676 e. The van der Waals surface area contributed by atoms with Gasteiger partial charge in [0.15, 0.2) is 0 Å². The molecule has 1 aliphatic rings. The first-order chi connectivity index (χ1) is 6.43. The Morgan fingerprint density at radius 3 is 2.29 bits per heavy atom. The molecule has 1 atom stereocenters. The summed E-state index contributed by atoms with van der Waals surface area (Å²) in [6.45, 7) is 8.35. The summed E-state index contributed by atoms with van der Waals surface area (Å²) in [6.07, 6.45) is 7.87. The van der Waals surface area contributed by atoms with Crippen LogP contribution >= 0.6 is 0 Å². The molecule has 0 saturated heterocycles. The fraction of sp³-hybridized carbons (Fsp3) is 0.846. The summed E-state index contributed by atoms with van der Waals surface area (Å²) in [7, 11) is 0. The van der Waals surface area contributed by atoms with Crippen molar-refractivity contribution in [2.45, 2.75) is 65.4 Å². The van der Waals surface area contributed by atoms with Gasteiger partial charge in [-0.2, -0.15) is 0 Å². The molecular weight excluding hydrogens is 172 g/mol. The highest BCUT2D eigenvalue weighted by molar-refractivity contribution is 5.07. The second-order valence-electron chi connectivity index (χ2n) is 5.25. The van der Waals surface area contributed by atoms with Crippen molar-refractivity contribution < 1.29 is 5.11 Å². The maximum Gasteiger partial charge on any atom is 0.0676 e. The molecule has 0 spiro atoms. The second kappa shape index (κ2) is 4.06. The standard InChI is InChI=1S/C13H24O/c1-5-12(4,14)13(8-6-9-13)10-7-11(2)3/h7,14H,5-6,8-10H2,1-4H3. The molecule has 1 fully saturated rings. The molecule has 82 valence electrons. The van der Waals surface area contributed by atoms with Crippen molar-refractivity contribution in [1.82, 2.24) is 0 Å². The van der Waals surface area contributed by atoms with Gasteiger partial charge in [0.25, 0.3) is 0 Å². The Balaban J connectivity index is 2.72. The van der Waals surface area contributed by atoms with Gasteiger partial charge in [-0.15, -0.1) is 0 Å². The lowest BCUT2D eigenvalue weighted by molar-refractivity contribution is -0.116. The zero-order valence-corrected chi connectivity index (χ0v) is 10.1. The normalized spacial score (nSPS) is 23.5. The van der Waals surface area contributed by atoms with Crippen LogP contribution in [0.1, 0.15) is 59.8 Å². The van der Waals surface area contributed by atoms with Crippen LogP contribution in [0.25, 0.3) is 0 Å². The molecule has 0 heterocycles. The van der Waals surface area contributed by atoms with E-state index in [1.54, 1.807) is 0 Å². The maximum absolute atomic E-state index is 10.4. The van der Waals surface area contributed by atoms with Gasteiger partial charge in [-0.05, 0) is 46.5 Å². The van der Waals surface area contributed by atoms with Crippen molar-refractivity contribution in [3.63, 3.8) is 0 Å². The molecule has 1 saturated carbocycles. The average molecular weight is 196 g/mol. The Hall–Kier alpha value is -0.300. The minimum atomic E-state index is -0.475. The molecule has 0 aromatic heterocycles. The van der Waals surface area contributed by atoms with Crippen molar-refractivity contribution in [3.8, 4) is 0 Å². The first kappa shape index (κ1) is 11.8. The first-order valence-electron chi connectivity index (χ1n) is 5.79. The van der Waals surface area contributed by atoms with Gasteiger partial charge in [-0.1, -0.05) is 25.0 Å². The van der Waals surface area contributed by atoms with E-state index in [2.05, 4.69) is 26.8 Å². The van der Waals surface area contributed by atoms with Crippen LogP contribution in [0, 0.1) is 5.41 Å². The van der Waals surface area contributed by atoms with Crippen molar-refractivity contribution in [1.29, 1.82) is 0 Å². The van der Waals surface area contributed by atoms with Crippen LogP contribution in [0.15, 0.2) is 11.6 Å². The van der Waals surface area contributed by atoms with Crippen molar-refractivity contribution in [2.75, 3.05) is 0 Å². The lowest BCUT2D eigenvalue weighted by Gasteiger charge is -2.51. The number of rotatable bonds is 4. The van der Waals surface area contributed by atoms with Gasteiger partial charge < -0.3 is 5.11 Å². The highest BCUT2D eigenvalue weighted by Gasteiger charge is 2.48. The third kappa shape index (κ3) is 2.03. The summed E-state index contributed by atoms with van der Waals surface area (Å²) in [5.74, 6) is 0. The van der Waals surface area contributed by atoms with E-state index in [4.69, 9.17) is 0 Å². The molecule has 0 amide bonds. The van der Waals surface area contributed by atoms with Gasteiger partial charge in [0, 0.05) is 5.41 Å². The third-order valence-electron chi connectivity index (χ3n) is 4.04. The molecule has 1 aliphatic carbocycles. The van der Waals surface area contributed by atoms with Gasteiger partial charge >= 0.3 is 0 Å². The molecule has 1 N–H and O–H groups in total. The fourth-order valence-electron chi connectivity index (χ4n) is 2.34. The van der Waals surface area contributed by atoms with Crippen molar-refractivity contribution in [3.05, 3.63) is 11.6 Å². The molecule has 1 heteroatoms. The van der Waals surface area contributed by atoms with Crippen LogP contribution in [0.3, 0.4) is 0 Å². The maximum atomic E-state index is 10.4. The summed E-state index contributed by atoms with van der Waals surface area (Å²) < 4.78 is 0. The van der Waals surface area contributed by atoms with E-state index in [9.17, 15) is 5.11 Å². The molecule has 0 aromatic rings. The SMILES string of the molecule is CCC(C)(O)C1(CC=C(C)C)CCC1. The molecule has 1 rings (SSSR count). The van der Waals surface area contributed by atoms with E-state index in [0.717, 1.165) is 12.8 Å². The Morgan fingerprint density at radius 1 is 1.43 bits per heavy atom. The topological polar surface area (TPSA) is 20.2 Å². The number of hydrogen-bond donors (Lipinski definition) is 1. The predicted molar refractivity (Wildman–Crippen MR) is 61.2 cm³/mol. The van der Waals surface area contributed by atoms with Crippen LogP contribution in [-0.4, -0.2) is 10.7 Å². The predicted octanol–water partition coefficient (Wildman–Crippen LogP) is 3.67. The first-order valence-corrected chi connectivity index (χ1v) is 5.79. The van der Waals surface area contributed by atoms with Crippen LogP contribution in [0.4, 0.5) is 0 Å². The fourth-order valence-corrected chi connectivity index (χ4v) is 2.34. The van der Waals surface area contributed by atoms with E-state index < -0.39 is 5.60 Å². The third-order valence-corrected chi connectivity index (χ3v) is 4.04.